The predicted molar refractivity (Wildman–Crippen MR) is 57.4 cm³/mol. The molecule has 0 aromatic carbocycles. The van der Waals surface area contributed by atoms with Gasteiger partial charge in [-0.3, -0.25) is 14.4 Å². The van der Waals surface area contributed by atoms with E-state index in [1.54, 1.807) is 23.3 Å². The highest BCUT2D eigenvalue weighted by Crippen LogP contribution is 2.20. The molecule has 1 unspecified atom stereocenters. The van der Waals surface area contributed by atoms with E-state index in [0.717, 1.165) is 0 Å². The van der Waals surface area contributed by atoms with E-state index in [1.807, 2.05) is 0 Å². The highest BCUT2D eigenvalue weighted by Gasteiger charge is 2.34. The van der Waals surface area contributed by atoms with Crippen molar-refractivity contribution in [1.82, 2.24) is 10.4 Å². The number of nitrogens with zero attached hydrogens (tertiary/aromatic N) is 1. The fourth-order valence-corrected chi connectivity index (χ4v) is 1.88. The zero-order chi connectivity index (χ0) is 12.3. The summed E-state index contributed by atoms with van der Waals surface area (Å²) in [5, 5.41) is 0. The SMILES string of the molecule is CONC(=O)C1CC(=O)N(Cc2ccco2)C1. The lowest BCUT2D eigenvalue weighted by molar-refractivity contribution is -0.135. The summed E-state index contributed by atoms with van der Waals surface area (Å²) >= 11 is 0. The zero-order valence-corrected chi connectivity index (χ0v) is 9.51. The average Bonchev–Trinajstić information content (AvgIpc) is 2.91. The Bertz CT molecular complexity index is 402. The molecule has 1 aliphatic heterocycles. The van der Waals surface area contributed by atoms with Crippen LogP contribution in [0.1, 0.15) is 12.2 Å². The van der Waals surface area contributed by atoms with Gasteiger partial charge in [-0.2, -0.15) is 0 Å². The Morgan fingerprint density at radius 2 is 2.53 bits per heavy atom. The van der Waals surface area contributed by atoms with Gasteiger partial charge in [0, 0.05) is 13.0 Å². The van der Waals surface area contributed by atoms with Crippen molar-refractivity contribution in [2.45, 2.75) is 13.0 Å². The third-order valence-corrected chi connectivity index (χ3v) is 2.71. The summed E-state index contributed by atoms with van der Waals surface area (Å²) in [4.78, 5) is 29.3. The second-order valence-electron chi connectivity index (χ2n) is 3.93. The molecule has 1 saturated heterocycles. The molecular formula is C11H14N2O4. The smallest absolute Gasteiger partial charge is 0.248 e. The molecular weight excluding hydrogens is 224 g/mol. The van der Waals surface area contributed by atoms with Gasteiger partial charge in [0.15, 0.2) is 0 Å². The molecule has 1 fully saturated rings. The molecule has 0 saturated carbocycles. The van der Waals surface area contributed by atoms with Crippen molar-refractivity contribution in [3.63, 3.8) is 0 Å². The molecule has 1 atom stereocenters. The number of hydrogen-bond acceptors (Lipinski definition) is 4. The molecule has 1 aromatic heterocycles. The molecule has 2 heterocycles. The van der Waals surface area contributed by atoms with Crippen LogP contribution in [0, 0.1) is 5.92 Å². The molecule has 1 aliphatic rings. The summed E-state index contributed by atoms with van der Waals surface area (Å²) in [7, 11) is 1.37. The first kappa shape index (κ1) is 11.7. The number of carbonyl (C=O) groups is 2. The minimum absolute atomic E-state index is 0.0438. The third-order valence-electron chi connectivity index (χ3n) is 2.71. The third kappa shape index (κ3) is 2.65. The Kier molecular flexibility index (Phi) is 3.43. The molecule has 1 aromatic rings. The van der Waals surface area contributed by atoms with Crippen molar-refractivity contribution < 1.29 is 18.8 Å². The Hall–Kier alpha value is -1.82. The first-order valence-electron chi connectivity index (χ1n) is 5.33. The van der Waals surface area contributed by atoms with Gasteiger partial charge < -0.3 is 9.32 Å². The molecule has 2 rings (SSSR count). The van der Waals surface area contributed by atoms with Gasteiger partial charge in [0.2, 0.25) is 11.8 Å². The lowest BCUT2D eigenvalue weighted by Gasteiger charge is -2.14. The summed E-state index contributed by atoms with van der Waals surface area (Å²) in [5.74, 6) is 0.0593. The number of amides is 2. The first-order chi connectivity index (χ1) is 8.20. The van der Waals surface area contributed by atoms with Crippen molar-refractivity contribution in [3.8, 4) is 0 Å². The summed E-state index contributed by atoms with van der Waals surface area (Å²) in [6, 6.07) is 3.57. The maximum absolute atomic E-state index is 11.7. The van der Waals surface area contributed by atoms with Crippen LogP contribution in [0.15, 0.2) is 22.8 Å². The van der Waals surface area contributed by atoms with Gasteiger partial charge in [0.05, 0.1) is 25.8 Å². The normalized spacial score (nSPS) is 19.7. The summed E-state index contributed by atoms with van der Waals surface area (Å²) in [6.45, 7) is 0.803. The lowest BCUT2D eigenvalue weighted by atomic mass is 10.1. The van der Waals surface area contributed by atoms with E-state index in [-0.39, 0.29) is 24.2 Å². The Balaban J connectivity index is 1.93. The minimum Gasteiger partial charge on any atom is -0.467 e. The number of nitrogens with one attached hydrogen (secondary N) is 1. The molecule has 0 bridgehead atoms. The van der Waals surface area contributed by atoms with Crippen LogP contribution in [0.2, 0.25) is 0 Å². The zero-order valence-electron chi connectivity index (χ0n) is 9.51. The van der Waals surface area contributed by atoms with Crippen molar-refractivity contribution in [2.24, 2.45) is 5.92 Å². The standard InChI is InChI=1S/C11H14N2O4/c1-16-12-11(15)8-5-10(14)13(6-8)7-9-3-2-4-17-9/h2-4,8H,5-7H2,1H3,(H,12,15). The predicted octanol–water partition coefficient (Wildman–Crippen LogP) is 0.306. The number of hydroxylamine groups is 1. The fourth-order valence-electron chi connectivity index (χ4n) is 1.88. The van der Waals surface area contributed by atoms with Crippen LogP contribution in [-0.4, -0.2) is 30.4 Å². The Morgan fingerprint density at radius 1 is 1.71 bits per heavy atom. The van der Waals surface area contributed by atoms with Gasteiger partial charge in [-0.05, 0) is 12.1 Å². The second-order valence-corrected chi connectivity index (χ2v) is 3.93. The van der Waals surface area contributed by atoms with Crippen molar-refractivity contribution in [3.05, 3.63) is 24.2 Å². The van der Waals surface area contributed by atoms with Gasteiger partial charge in [-0.1, -0.05) is 0 Å². The van der Waals surface area contributed by atoms with Crippen LogP contribution in [-0.2, 0) is 21.0 Å². The molecule has 0 radical (unpaired) electrons. The molecule has 17 heavy (non-hydrogen) atoms. The van der Waals surface area contributed by atoms with Crippen molar-refractivity contribution in [1.29, 1.82) is 0 Å². The van der Waals surface area contributed by atoms with Crippen LogP contribution < -0.4 is 5.48 Å². The Morgan fingerprint density at radius 3 is 3.18 bits per heavy atom. The van der Waals surface area contributed by atoms with Gasteiger partial charge >= 0.3 is 0 Å². The maximum Gasteiger partial charge on any atom is 0.248 e. The van der Waals surface area contributed by atoms with E-state index in [9.17, 15) is 9.59 Å². The van der Waals surface area contributed by atoms with Gasteiger partial charge in [0.1, 0.15) is 5.76 Å². The molecule has 0 aliphatic carbocycles. The average molecular weight is 238 g/mol. The summed E-state index contributed by atoms with van der Waals surface area (Å²) in [5.41, 5.74) is 2.25. The van der Waals surface area contributed by atoms with Gasteiger partial charge in [0.25, 0.3) is 0 Å². The second kappa shape index (κ2) is 5.01. The van der Waals surface area contributed by atoms with Crippen molar-refractivity contribution in [2.75, 3.05) is 13.7 Å². The van der Waals surface area contributed by atoms with Crippen LogP contribution >= 0.6 is 0 Å². The molecule has 2 amide bonds. The van der Waals surface area contributed by atoms with Gasteiger partial charge in [-0.25, -0.2) is 5.48 Å². The van der Waals surface area contributed by atoms with E-state index in [1.165, 1.54) is 7.11 Å². The van der Waals surface area contributed by atoms with E-state index in [4.69, 9.17) is 4.42 Å². The van der Waals surface area contributed by atoms with E-state index < -0.39 is 0 Å². The number of furan rings is 1. The van der Waals surface area contributed by atoms with E-state index >= 15 is 0 Å². The molecule has 92 valence electrons. The van der Waals surface area contributed by atoms with Crippen LogP contribution in [0.3, 0.4) is 0 Å². The van der Waals surface area contributed by atoms with Crippen LogP contribution in [0.25, 0.3) is 0 Å². The monoisotopic (exact) mass is 238 g/mol. The number of rotatable bonds is 4. The van der Waals surface area contributed by atoms with E-state index in [0.29, 0.717) is 18.8 Å². The molecule has 0 spiro atoms. The fraction of sp³-hybridized carbons (Fsp3) is 0.455. The largest absolute Gasteiger partial charge is 0.467 e. The van der Waals surface area contributed by atoms with E-state index in [2.05, 4.69) is 10.3 Å². The highest BCUT2D eigenvalue weighted by molar-refractivity contribution is 5.88. The number of carbonyl (C=O) groups excluding carboxylic acids is 2. The maximum atomic E-state index is 11.7. The highest BCUT2D eigenvalue weighted by atomic mass is 16.6. The summed E-state index contributed by atoms with van der Waals surface area (Å²) in [6.07, 6.45) is 1.78. The van der Waals surface area contributed by atoms with Gasteiger partial charge in [-0.15, -0.1) is 0 Å². The Labute approximate surface area is 98.5 Å². The summed E-state index contributed by atoms with van der Waals surface area (Å²) < 4.78 is 5.17. The molecule has 1 N–H and O–H groups in total. The van der Waals surface area contributed by atoms with Crippen LogP contribution in [0.5, 0.6) is 0 Å². The van der Waals surface area contributed by atoms with Crippen LogP contribution in [0.4, 0.5) is 0 Å². The first-order valence-corrected chi connectivity index (χ1v) is 5.33. The number of likely N-dealkylation sites (tertiary alicyclic amines) is 1. The van der Waals surface area contributed by atoms with Crippen molar-refractivity contribution >= 4 is 11.8 Å². The molecule has 6 heteroatoms. The topological polar surface area (TPSA) is 71.8 Å². The molecule has 6 nitrogen and oxygen atoms in total. The number of hydrogen-bond donors (Lipinski definition) is 1. The minimum atomic E-state index is -0.350. The quantitative estimate of drug-likeness (QED) is 0.766. The lowest BCUT2D eigenvalue weighted by Crippen LogP contribution is -2.32.